The molecule has 0 spiro atoms. The third kappa shape index (κ3) is 10.9. The van der Waals surface area contributed by atoms with E-state index in [9.17, 15) is 14.4 Å². The Morgan fingerprint density at radius 3 is 1.58 bits per heavy atom. The number of pyridine rings is 2. The SMILES string of the molecule is Cl.Cl.Cn1c(-c2cc3cccnc3n2CC2CC2)nc2cc(C(=O)N3CCC[C@@H](CC(=O)OC(C)(C)C)C3)ccc21.Cn1c(-c2cc3cccnc3n2CC2CC2)nc2cc(C(=O)N3CCC[C@@H](N)C3)ccc21. The first kappa shape index (κ1) is 51.6. The molecule has 2 atom stereocenters. The van der Waals surface area contributed by atoms with Crippen LogP contribution in [-0.4, -0.2) is 104 Å². The van der Waals surface area contributed by atoms with Crippen molar-refractivity contribution in [2.45, 2.75) is 103 Å². The van der Waals surface area contributed by atoms with Crippen molar-refractivity contribution in [2.75, 3.05) is 26.2 Å². The second kappa shape index (κ2) is 20.9. The number of fused-ring (bicyclic) bond motifs is 4. The number of halogens is 2. The lowest BCUT2D eigenvalue weighted by Crippen LogP contribution is -2.45. The molecule has 2 aromatic carbocycles. The van der Waals surface area contributed by atoms with Gasteiger partial charge in [0.2, 0.25) is 0 Å². The van der Waals surface area contributed by atoms with Crippen LogP contribution in [0.4, 0.5) is 0 Å². The van der Waals surface area contributed by atoms with E-state index in [2.05, 4.69) is 52.5 Å². The number of nitrogens with zero attached hydrogens (tertiary/aromatic N) is 10. The molecule has 4 aliphatic rings. The monoisotopic (exact) mass is 1030 g/mol. The number of rotatable bonds is 10. The summed E-state index contributed by atoms with van der Waals surface area (Å²) in [7, 11) is 4.08. The molecule has 15 nitrogen and oxygen atoms in total. The highest BCUT2D eigenvalue weighted by Crippen LogP contribution is 2.38. The molecule has 6 aromatic heterocycles. The lowest BCUT2D eigenvalue weighted by molar-refractivity contribution is -0.156. The van der Waals surface area contributed by atoms with Crippen molar-refractivity contribution in [1.82, 2.24) is 48.0 Å². The van der Waals surface area contributed by atoms with Gasteiger partial charge in [0.1, 0.15) is 16.9 Å². The van der Waals surface area contributed by atoms with Gasteiger partial charge in [0.05, 0.1) is 39.9 Å². The minimum Gasteiger partial charge on any atom is -0.460 e. The molecule has 0 bridgehead atoms. The number of esters is 1. The first-order chi connectivity index (χ1) is 34.2. The average molecular weight is 1030 g/mol. The van der Waals surface area contributed by atoms with Crippen molar-refractivity contribution in [3.63, 3.8) is 0 Å². The summed E-state index contributed by atoms with van der Waals surface area (Å²) in [5, 5.41) is 2.25. The van der Waals surface area contributed by atoms with Gasteiger partial charge in [0, 0.05) is 93.7 Å². The summed E-state index contributed by atoms with van der Waals surface area (Å²) in [5.41, 5.74) is 14.7. The van der Waals surface area contributed by atoms with Crippen LogP contribution < -0.4 is 5.73 Å². The van der Waals surface area contributed by atoms with Crippen molar-refractivity contribution in [2.24, 2.45) is 37.6 Å². The number of aromatic nitrogens is 8. The number of piperidine rings is 2. The third-order valence-electron chi connectivity index (χ3n) is 14.7. The first-order valence-corrected chi connectivity index (χ1v) is 25.6. The molecule has 8 aromatic rings. The summed E-state index contributed by atoms with van der Waals surface area (Å²) in [5.74, 6) is 3.16. The summed E-state index contributed by atoms with van der Waals surface area (Å²) >= 11 is 0. The highest BCUT2D eigenvalue weighted by atomic mass is 35.5. The van der Waals surface area contributed by atoms with E-state index in [-0.39, 0.29) is 54.6 Å². The van der Waals surface area contributed by atoms with Crippen LogP contribution in [0.3, 0.4) is 0 Å². The molecule has 4 fully saturated rings. The smallest absolute Gasteiger partial charge is 0.306 e. The molecule has 2 aliphatic carbocycles. The van der Waals surface area contributed by atoms with E-state index in [0.29, 0.717) is 43.1 Å². The fraction of sp³-hybridized carbons (Fsp3) is 0.446. The van der Waals surface area contributed by atoms with Crippen LogP contribution in [0.1, 0.15) is 99.3 Å². The number of amides is 2. The van der Waals surface area contributed by atoms with Gasteiger partial charge in [-0.05, 0) is 163 Å². The van der Waals surface area contributed by atoms with Gasteiger partial charge >= 0.3 is 5.97 Å². The van der Waals surface area contributed by atoms with Crippen molar-refractivity contribution in [3.8, 4) is 23.0 Å². The Hall–Kier alpha value is -6.29. The Labute approximate surface area is 438 Å². The Morgan fingerprint density at radius 1 is 0.630 bits per heavy atom. The number of hydrogen-bond acceptors (Lipinski definition) is 9. The van der Waals surface area contributed by atoms with Crippen LogP contribution in [0, 0.1) is 17.8 Å². The second-order valence-electron chi connectivity index (χ2n) is 21.6. The zero-order chi connectivity index (χ0) is 49.1. The van der Waals surface area contributed by atoms with E-state index in [1.54, 1.807) is 0 Å². The zero-order valence-electron chi connectivity index (χ0n) is 42.5. The molecule has 2 aliphatic heterocycles. The molecule has 2 saturated carbocycles. The van der Waals surface area contributed by atoms with Crippen LogP contribution in [0.15, 0.2) is 85.2 Å². The molecule has 2 N–H and O–H groups in total. The van der Waals surface area contributed by atoms with Crippen LogP contribution in [0.25, 0.3) is 67.2 Å². The lowest BCUT2D eigenvalue weighted by Gasteiger charge is -2.33. The fourth-order valence-electron chi connectivity index (χ4n) is 10.7. The number of likely N-dealkylation sites (tertiary alicyclic amines) is 2. The number of carbonyl (C=O) groups is 3. The van der Waals surface area contributed by atoms with Gasteiger partial charge in [-0.15, -0.1) is 24.8 Å². The topological polar surface area (TPSA) is 164 Å². The Kier molecular flexibility index (Phi) is 14.8. The predicted molar refractivity (Wildman–Crippen MR) is 291 cm³/mol. The van der Waals surface area contributed by atoms with Crippen molar-refractivity contribution in [3.05, 3.63) is 96.3 Å². The number of imidazole rings is 2. The van der Waals surface area contributed by atoms with Crippen LogP contribution >= 0.6 is 24.8 Å². The van der Waals surface area contributed by atoms with Crippen LogP contribution in [0.2, 0.25) is 0 Å². The maximum absolute atomic E-state index is 13.5. The van der Waals surface area contributed by atoms with Gasteiger partial charge in [-0.25, -0.2) is 19.9 Å². The third-order valence-corrected chi connectivity index (χ3v) is 14.7. The highest BCUT2D eigenvalue weighted by molar-refractivity contribution is 5.99. The van der Waals surface area contributed by atoms with E-state index >= 15 is 0 Å². The van der Waals surface area contributed by atoms with Crippen molar-refractivity contribution >= 4 is 86.7 Å². The molecule has 2 amide bonds. The standard InChI is InChI=1S/C31H37N5O3.C25H28N6O.2ClH/c1-31(2,3)39-27(37)15-21-7-6-14-35(18-21)30(38)23-11-12-25-24(16-23)33-29(34(25)4)26-17-22-8-5-13-32-28(22)36(26)19-20-9-10-20;1-29-21-9-8-18(25(32)30-11-3-5-19(26)15-30)12-20(21)28-24(29)22-13-17-4-2-10-27-23(17)31(22)14-16-6-7-16;;/h5,8,11-13,16-17,20-21H,6-7,9-10,14-15,18-19H2,1-4H3;2,4,8-10,12-13,16,19H,3,5-7,11,14-15,26H2,1H3;2*1H/t21-;19-;;/m01../s1. The number of aryl methyl sites for hydroxylation is 2. The number of benzene rings is 2. The average Bonchev–Trinajstić information content (AvgIpc) is 4.24. The van der Waals surface area contributed by atoms with Gasteiger partial charge in [0.25, 0.3) is 11.8 Å². The Balaban J connectivity index is 0.000000178. The molecule has 0 unspecified atom stereocenters. The van der Waals surface area contributed by atoms with Gasteiger partial charge < -0.3 is 38.5 Å². The van der Waals surface area contributed by atoms with E-state index in [1.165, 1.54) is 25.7 Å². The van der Waals surface area contributed by atoms with Crippen LogP contribution in [-0.2, 0) is 36.7 Å². The maximum Gasteiger partial charge on any atom is 0.306 e. The predicted octanol–water partition coefficient (Wildman–Crippen LogP) is 9.99. The number of ether oxygens (including phenoxy) is 1. The van der Waals surface area contributed by atoms with Crippen LogP contribution in [0.5, 0.6) is 0 Å². The summed E-state index contributed by atoms with van der Waals surface area (Å²) in [6, 6.07) is 24.2. The Bertz CT molecular complexity index is 3340. The largest absolute Gasteiger partial charge is 0.460 e. The molecular weight excluding hydrogens is 962 g/mol. The van der Waals surface area contributed by atoms with Gasteiger partial charge in [-0.1, -0.05) is 0 Å². The molecule has 2 saturated heterocycles. The first-order valence-electron chi connectivity index (χ1n) is 25.6. The summed E-state index contributed by atoms with van der Waals surface area (Å²) in [4.78, 5) is 62.1. The number of hydrogen-bond donors (Lipinski definition) is 1. The van der Waals surface area contributed by atoms with Gasteiger partial charge in [-0.2, -0.15) is 0 Å². The number of carbonyl (C=O) groups excluding carboxylic acids is 3. The van der Waals surface area contributed by atoms with Gasteiger partial charge in [0.15, 0.2) is 11.6 Å². The summed E-state index contributed by atoms with van der Waals surface area (Å²) < 4.78 is 14.4. The fourth-order valence-corrected chi connectivity index (χ4v) is 10.7. The van der Waals surface area contributed by atoms with E-state index < -0.39 is 5.60 Å². The minimum absolute atomic E-state index is 0. The van der Waals surface area contributed by atoms with E-state index in [1.807, 2.05) is 106 Å². The highest BCUT2D eigenvalue weighted by Gasteiger charge is 2.31. The maximum atomic E-state index is 13.5. The lowest BCUT2D eigenvalue weighted by atomic mass is 9.94. The van der Waals surface area contributed by atoms with Crippen molar-refractivity contribution in [1.29, 1.82) is 0 Å². The van der Waals surface area contributed by atoms with E-state index in [4.69, 9.17) is 20.4 Å². The summed E-state index contributed by atoms with van der Waals surface area (Å²) in [6.45, 7) is 10.2. The molecule has 73 heavy (non-hydrogen) atoms. The molecule has 17 heteroatoms. The molecule has 8 heterocycles. The van der Waals surface area contributed by atoms with Gasteiger partial charge in [-0.3, -0.25) is 14.4 Å². The normalized spacial score (nSPS) is 18.1. The van der Waals surface area contributed by atoms with Crippen molar-refractivity contribution < 1.29 is 19.1 Å². The second-order valence-corrected chi connectivity index (χ2v) is 21.6. The number of nitrogens with two attached hydrogens (primary N) is 1. The minimum atomic E-state index is -0.499. The molecule has 0 radical (unpaired) electrons. The zero-order valence-corrected chi connectivity index (χ0v) is 44.1. The Morgan fingerprint density at radius 2 is 1.11 bits per heavy atom. The molecule has 384 valence electrons. The van der Waals surface area contributed by atoms with E-state index in [0.717, 1.165) is 118 Å². The molecular formula is C56H67Cl2N11O4. The summed E-state index contributed by atoms with van der Waals surface area (Å²) in [6.07, 6.45) is 12.9. The quantitative estimate of drug-likeness (QED) is 0.131. The molecule has 12 rings (SSSR count).